The Morgan fingerprint density at radius 3 is 2.24 bits per heavy atom. The lowest BCUT2D eigenvalue weighted by atomic mass is 10.1. The van der Waals surface area contributed by atoms with E-state index in [1.165, 1.54) is 23.9 Å². The SMILES string of the molecule is Cc1ccccc1N=C1S/C(=C/c2ccc(F)cc2)C(=O)N1c1ccccc1C. The van der Waals surface area contributed by atoms with Gasteiger partial charge < -0.3 is 0 Å². The number of aryl methyl sites for hydroxylation is 2. The van der Waals surface area contributed by atoms with Gasteiger partial charge in [0.05, 0.1) is 16.3 Å². The van der Waals surface area contributed by atoms with Gasteiger partial charge in [0.1, 0.15) is 5.82 Å². The van der Waals surface area contributed by atoms with Gasteiger partial charge in [-0.1, -0.05) is 48.5 Å². The minimum atomic E-state index is -0.305. The van der Waals surface area contributed by atoms with E-state index in [0.717, 1.165) is 28.1 Å². The molecule has 29 heavy (non-hydrogen) atoms. The first-order valence-electron chi connectivity index (χ1n) is 9.22. The van der Waals surface area contributed by atoms with Crippen molar-refractivity contribution in [3.63, 3.8) is 0 Å². The number of carbonyl (C=O) groups excluding carboxylic acids is 1. The highest BCUT2D eigenvalue weighted by atomic mass is 32.2. The zero-order chi connectivity index (χ0) is 20.4. The monoisotopic (exact) mass is 402 g/mol. The van der Waals surface area contributed by atoms with Gasteiger partial charge in [-0.2, -0.15) is 0 Å². The van der Waals surface area contributed by atoms with Crippen molar-refractivity contribution in [1.29, 1.82) is 0 Å². The fourth-order valence-corrected chi connectivity index (χ4v) is 4.06. The molecule has 5 heteroatoms. The molecule has 4 rings (SSSR count). The van der Waals surface area contributed by atoms with Gasteiger partial charge in [-0.15, -0.1) is 0 Å². The molecule has 0 spiro atoms. The van der Waals surface area contributed by atoms with Crippen molar-refractivity contribution in [2.75, 3.05) is 4.90 Å². The second kappa shape index (κ2) is 8.05. The summed E-state index contributed by atoms with van der Waals surface area (Å²) in [4.78, 5) is 20.3. The number of para-hydroxylation sites is 2. The van der Waals surface area contributed by atoms with Crippen LogP contribution in [0.25, 0.3) is 6.08 Å². The molecule has 0 unspecified atom stereocenters. The fraction of sp³-hybridized carbons (Fsp3) is 0.0833. The fourth-order valence-electron chi connectivity index (χ4n) is 3.08. The average Bonchev–Trinajstić information content (AvgIpc) is 3.01. The molecule has 3 nitrogen and oxygen atoms in total. The van der Waals surface area contributed by atoms with Crippen LogP contribution < -0.4 is 4.90 Å². The Morgan fingerprint density at radius 2 is 1.55 bits per heavy atom. The lowest BCUT2D eigenvalue weighted by molar-refractivity contribution is -0.113. The third kappa shape index (κ3) is 4.00. The molecule has 0 saturated carbocycles. The Kier molecular flexibility index (Phi) is 5.32. The van der Waals surface area contributed by atoms with Crippen LogP contribution >= 0.6 is 11.8 Å². The molecule has 1 amide bonds. The molecular weight excluding hydrogens is 383 g/mol. The molecule has 0 aromatic heterocycles. The second-order valence-electron chi connectivity index (χ2n) is 6.77. The van der Waals surface area contributed by atoms with Crippen LogP contribution in [-0.4, -0.2) is 11.1 Å². The third-order valence-corrected chi connectivity index (χ3v) is 5.63. The van der Waals surface area contributed by atoms with Crippen molar-refractivity contribution in [2.45, 2.75) is 13.8 Å². The van der Waals surface area contributed by atoms with Crippen LogP contribution in [-0.2, 0) is 4.79 Å². The molecule has 0 atom stereocenters. The predicted octanol–water partition coefficient (Wildman–Crippen LogP) is 6.25. The van der Waals surface area contributed by atoms with Gasteiger partial charge in [0.2, 0.25) is 0 Å². The maximum absolute atomic E-state index is 13.3. The Morgan fingerprint density at radius 1 is 0.897 bits per heavy atom. The lowest BCUT2D eigenvalue weighted by Crippen LogP contribution is -2.29. The largest absolute Gasteiger partial charge is 0.271 e. The number of halogens is 1. The Hall–Kier alpha value is -3.18. The Labute approximate surface area is 173 Å². The number of amidine groups is 1. The molecule has 0 aliphatic carbocycles. The predicted molar refractivity (Wildman–Crippen MR) is 119 cm³/mol. The summed E-state index contributed by atoms with van der Waals surface area (Å²) in [7, 11) is 0. The summed E-state index contributed by atoms with van der Waals surface area (Å²) in [6.07, 6.45) is 1.78. The van der Waals surface area contributed by atoms with Gasteiger partial charge >= 0.3 is 0 Å². The first kappa shape index (κ1) is 19.2. The van der Waals surface area contributed by atoms with Gasteiger partial charge in [0.25, 0.3) is 5.91 Å². The lowest BCUT2D eigenvalue weighted by Gasteiger charge is -2.18. The molecule has 1 aliphatic rings. The average molecular weight is 402 g/mol. The van der Waals surface area contributed by atoms with Crippen LogP contribution in [0, 0.1) is 19.7 Å². The number of rotatable bonds is 3. The quantitative estimate of drug-likeness (QED) is 0.485. The van der Waals surface area contributed by atoms with Crippen molar-refractivity contribution in [2.24, 2.45) is 4.99 Å². The van der Waals surface area contributed by atoms with Gasteiger partial charge in [-0.05, 0) is 72.6 Å². The van der Waals surface area contributed by atoms with Crippen molar-refractivity contribution in [1.82, 2.24) is 0 Å². The molecule has 1 heterocycles. The first-order chi connectivity index (χ1) is 14.0. The topological polar surface area (TPSA) is 32.7 Å². The zero-order valence-electron chi connectivity index (χ0n) is 16.1. The summed E-state index contributed by atoms with van der Waals surface area (Å²) in [5, 5.41) is 0.604. The van der Waals surface area contributed by atoms with E-state index >= 15 is 0 Å². The van der Waals surface area contributed by atoms with Crippen molar-refractivity contribution < 1.29 is 9.18 Å². The maximum Gasteiger partial charge on any atom is 0.271 e. The summed E-state index contributed by atoms with van der Waals surface area (Å²) in [5.74, 6) is -0.443. The minimum absolute atomic E-state index is 0.138. The summed E-state index contributed by atoms with van der Waals surface area (Å²) in [6, 6.07) is 21.7. The number of carbonyl (C=O) groups is 1. The molecule has 144 valence electrons. The van der Waals surface area contributed by atoms with Crippen LogP contribution in [0.15, 0.2) is 82.7 Å². The van der Waals surface area contributed by atoms with E-state index in [-0.39, 0.29) is 11.7 Å². The molecule has 3 aromatic carbocycles. The molecule has 1 saturated heterocycles. The van der Waals surface area contributed by atoms with Gasteiger partial charge in [0, 0.05) is 0 Å². The van der Waals surface area contributed by atoms with Crippen LogP contribution in [0.4, 0.5) is 15.8 Å². The van der Waals surface area contributed by atoms with Crippen molar-refractivity contribution >= 4 is 40.3 Å². The summed E-state index contributed by atoms with van der Waals surface area (Å²) < 4.78 is 13.2. The number of amides is 1. The Balaban J connectivity index is 1.81. The number of thioether (sulfide) groups is 1. The van der Waals surface area contributed by atoms with E-state index in [9.17, 15) is 9.18 Å². The smallest absolute Gasteiger partial charge is 0.268 e. The molecular formula is C24H19FN2OS. The van der Waals surface area contributed by atoms with Crippen LogP contribution in [0.5, 0.6) is 0 Å². The van der Waals surface area contributed by atoms with E-state index in [0.29, 0.717) is 10.1 Å². The van der Waals surface area contributed by atoms with E-state index in [1.807, 2.05) is 62.4 Å². The molecule has 0 radical (unpaired) electrons. The summed E-state index contributed by atoms with van der Waals surface area (Å²) in [5.41, 5.74) is 4.42. The Bertz CT molecular complexity index is 1140. The molecule has 3 aromatic rings. The number of nitrogens with zero attached hydrogens (tertiary/aromatic N) is 2. The van der Waals surface area contributed by atoms with Crippen LogP contribution in [0.2, 0.25) is 0 Å². The number of hydrogen-bond acceptors (Lipinski definition) is 3. The normalized spacial score (nSPS) is 16.8. The van der Waals surface area contributed by atoms with Crippen molar-refractivity contribution in [3.05, 3.63) is 100 Å². The molecule has 0 N–H and O–H groups in total. The standard InChI is InChI=1S/C24H19FN2OS/c1-16-7-3-5-9-20(16)26-24-27(21-10-6-4-8-17(21)2)23(28)22(29-24)15-18-11-13-19(25)14-12-18/h3-15H,1-2H3/b22-15+,26-24?. The van der Waals surface area contributed by atoms with Gasteiger partial charge in [-0.25, -0.2) is 9.38 Å². The van der Waals surface area contributed by atoms with E-state index < -0.39 is 0 Å². The van der Waals surface area contributed by atoms with Gasteiger partial charge in [0.15, 0.2) is 5.17 Å². The van der Waals surface area contributed by atoms with Crippen molar-refractivity contribution in [3.8, 4) is 0 Å². The van der Waals surface area contributed by atoms with E-state index in [2.05, 4.69) is 0 Å². The number of anilines is 1. The van der Waals surface area contributed by atoms with E-state index in [4.69, 9.17) is 4.99 Å². The number of hydrogen-bond donors (Lipinski definition) is 0. The number of aliphatic imine (C=N–C) groups is 1. The molecule has 1 aliphatic heterocycles. The van der Waals surface area contributed by atoms with Crippen LogP contribution in [0.1, 0.15) is 16.7 Å². The zero-order valence-corrected chi connectivity index (χ0v) is 16.9. The van der Waals surface area contributed by atoms with Gasteiger partial charge in [-0.3, -0.25) is 9.69 Å². The van der Waals surface area contributed by atoms with Crippen LogP contribution in [0.3, 0.4) is 0 Å². The second-order valence-corrected chi connectivity index (χ2v) is 7.78. The third-order valence-electron chi connectivity index (χ3n) is 4.66. The number of benzene rings is 3. The summed E-state index contributed by atoms with van der Waals surface area (Å²) in [6.45, 7) is 3.97. The highest BCUT2D eigenvalue weighted by Gasteiger charge is 2.35. The first-order valence-corrected chi connectivity index (χ1v) is 10.0. The minimum Gasteiger partial charge on any atom is -0.268 e. The van der Waals surface area contributed by atoms with E-state index in [1.54, 1.807) is 23.1 Å². The maximum atomic E-state index is 13.3. The highest BCUT2D eigenvalue weighted by molar-refractivity contribution is 8.19. The summed E-state index contributed by atoms with van der Waals surface area (Å²) >= 11 is 1.33. The highest BCUT2D eigenvalue weighted by Crippen LogP contribution is 2.38. The molecule has 0 bridgehead atoms. The molecule has 1 fully saturated rings.